The fourth-order valence-corrected chi connectivity index (χ4v) is 1.98. The Balaban J connectivity index is 5.19. The first-order valence-electron chi connectivity index (χ1n) is 7.91. The maximum absolute atomic E-state index is 11.4. The summed E-state index contributed by atoms with van der Waals surface area (Å²) in [6.07, 6.45) is 7.84. The molecule has 25 heavy (non-hydrogen) atoms. The molecule has 0 aliphatic rings. The Hall–Kier alpha value is -2.63. The van der Waals surface area contributed by atoms with Gasteiger partial charge < -0.3 is 14.2 Å². The second kappa shape index (κ2) is 12.8. The highest BCUT2D eigenvalue weighted by molar-refractivity contribution is 5.82. The molecular weight excluding hydrogens is 324 g/mol. The summed E-state index contributed by atoms with van der Waals surface area (Å²) in [6, 6.07) is 0. The summed E-state index contributed by atoms with van der Waals surface area (Å²) in [4.78, 5) is 34.3. The van der Waals surface area contributed by atoms with Crippen molar-refractivity contribution in [2.45, 2.75) is 25.7 Å². The lowest BCUT2D eigenvalue weighted by molar-refractivity contribution is -0.156. The predicted molar refractivity (Wildman–Crippen MR) is 94.6 cm³/mol. The molecule has 0 unspecified atom stereocenters. The Morgan fingerprint density at radius 3 is 1.44 bits per heavy atom. The van der Waals surface area contributed by atoms with Gasteiger partial charge in [-0.05, 0) is 19.3 Å². The van der Waals surface area contributed by atoms with Crippen LogP contribution in [0.2, 0.25) is 0 Å². The summed E-state index contributed by atoms with van der Waals surface area (Å²) >= 11 is 0. The molecule has 6 nitrogen and oxygen atoms in total. The number of hydrogen-bond acceptors (Lipinski definition) is 6. The van der Waals surface area contributed by atoms with Gasteiger partial charge >= 0.3 is 17.9 Å². The first-order valence-corrected chi connectivity index (χ1v) is 7.91. The highest BCUT2D eigenvalue weighted by Crippen LogP contribution is 2.28. The normalized spacial score (nSPS) is 10.2. The third-order valence-electron chi connectivity index (χ3n) is 3.43. The Morgan fingerprint density at radius 2 is 1.12 bits per heavy atom. The molecule has 0 aliphatic heterocycles. The van der Waals surface area contributed by atoms with E-state index in [0.29, 0.717) is 6.42 Å². The summed E-state index contributed by atoms with van der Waals surface area (Å²) in [5.41, 5.74) is -0.864. The molecule has 0 rings (SSSR count). The van der Waals surface area contributed by atoms with Crippen molar-refractivity contribution in [2.24, 2.45) is 5.41 Å². The van der Waals surface area contributed by atoms with Crippen LogP contribution < -0.4 is 0 Å². The molecule has 0 aromatic carbocycles. The van der Waals surface area contributed by atoms with Crippen molar-refractivity contribution in [2.75, 3.05) is 19.8 Å². The molecule has 0 saturated carbocycles. The number of carbonyl (C=O) groups excluding carboxylic acids is 3. The van der Waals surface area contributed by atoms with Gasteiger partial charge in [-0.15, -0.1) is 6.58 Å². The summed E-state index contributed by atoms with van der Waals surface area (Å²) in [6.45, 7) is 13.4. The van der Waals surface area contributed by atoms with Gasteiger partial charge in [0.1, 0.15) is 19.8 Å². The molecule has 6 heteroatoms. The van der Waals surface area contributed by atoms with E-state index in [1.807, 2.05) is 0 Å². The number of hydrogen-bond donors (Lipinski definition) is 0. The van der Waals surface area contributed by atoms with Crippen LogP contribution in [-0.4, -0.2) is 37.7 Å². The second-order valence-electron chi connectivity index (χ2n) is 5.47. The maximum atomic E-state index is 11.4. The zero-order valence-electron chi connectivity index (χ0n) is 14.5. The van der Waals surface area contributed by atoms with Crippen molar-refractivity contribution < 1.29 is 28.6 Å². The van der Waals surface area contributed by atoms with Crippen LogP contribution in [0, 0.1) is 5.41 Å². The quantitative estimate of drug-likeness (QED) is 0.158. The summed E-state index contributed by atoms with van der Waals surface area (Å²) in [5.74, 6) is -1.83. The van der Waals surface area contributed by atoms with E-state index in [9.17, 15) is 14.4 Å². The Labute approximate surface area is 148 Å². The predicted octanol–water partition coefficient (Wildman–Crippen LogP) is 2.91. The van der Waals surface area contributed by atoms with Crippen molar-refractivity contribution in [1.29, 1.82) is 0 Å². The molecule has 0 heterocycles. The monoisotopic (exact) mass is 350 g/mol. The molecule has 0 fully saturated rings. The smallest absolute Gasteiger partial charge is 0.330 e. The summed E-state index contributed by atoms with van der Waals surface area (Å²) in [7, 11) is 0. The van der Waals surface area contributed by atoms with Gasteiger partial charge in [-0.2, -0.15) is 0 Å². The van der Waals surface area contributed by atoms with Crippen LogP contribution in [0.25, 0.3) is 0 Å². The van der Waals surface area contributed by atoms with Crippen LogP contribution in [0.15, 0.2) is 50.6 Å². The van der Waals surface area contributed by atoms with Crippen molar-refractivity contribution in [1.82, 2.24) is 0 Å². The molecule has 0 aromatic heterocycles. The molecule has 138 valence electrons. The van der Waals surface area contributed by atoms with Crippen LogP contribution in [0.1, 0.15) is 25.7 Å². The van der Waals surface area contributed by atoms with Gasteiger partial charge in [0.25, 0.3) is 0 Å². The lowest BCUT2D eigenvalue weighted by Crippen LogP contribution is -2.39. The van der Waals surface area contributed by atoms with Crippen LogP contribution in [0.5, 0.6) is 0 Å². The first-order chi connectivity index (χ1) is 11.9. The minimum absolute atomic E-state index is 0.0826. The van der Waals surface area contributed by atoms with Gasteiger partial charge in [-0.25, -0.2) is 14.4 Å². The highest BCUT2D eigenvalue weighted by Gasteiger charge is 2.35. The van der Waals surface area contributed by atoms with E-state index in [1.54, 1.807) is 6.08 Å². The number of rotatable bonds is 14. The zero-order valence-corrected chi connectivity index (χ0v) is 14.5. The summed E-state index contributed by atoms with van der Waals surface area (Å²) < 4.78 is 15.4. The van der Waals surface area contributed by atoms with Crippen LogP contribution in [0.4, 0.5) is 0 Å². The van der Waals surface area contributed by atoms with Gasteiger partial charge in [0.15, 0.2) is 0 Å². The van der Waals surface area contributed by atoms with Crippen molar-refractivity contribution in [3.8, 4) is 0 Å². The fraction of sp³-hybridized carbons (Fsp3) is 0.421. The molecule has 0 atom stereocenters. The summed E-state index contributed by atoms with van der Waals surface area (Å²) in [5, 5.41) is 0. The van der Waals surface area contributed by atoms with Crippen molar-refractivity contribution in [3.63, 3.8) is 0 Å². The Kier molecular flexibility index (Phi) is 11.4. The van der Waals surface area contributed by atoms with Crippen LogP contribution in [0.3, 0.4) is 0 Å². The third-order valence-corrected chi connectivity index (χ3v) is 3.43. The number of esters is 3. The molecule has 0 bridgehead atoms. The van der Waals surface area contributed by atoms with E-state index in [-0.39, 0.29) is 19.8 Å². The lowest BCUT2D eigenvalue weighted by Gasteiger charge is -2.31. The SMILES string of the molecule is C=CCCCCC(COC(=O)C=C)(COC(=O)C=C)COC(=O)C=C. The van der Waals surface area contributed by atoms with Crippen LogP contribution >= 0.6 is 0 Å². The fourth-order valence-electron chi connectivity index (χ4n) is 1.98. The standard InChI is InChI=1S/C19H26O6/c1-5-9-10-11-12-19(13-23-16(20)6-2,14-24-17(21)7-3)15-25-18(22)8-4/h5-8H,1-4,9-15H2. The number of allylic oxidation sites excluding steroid dienone is 1. The minimum atomic E-state index is -0.864. The lowest BCUT2D eigenvalue weighted by atomic mass is 9.84. The van der Waals surface area contributed by atoms with E-state index in [2.05, 4.69) is 26.3 Å². The van der Waals surface area contributed by atoms with Gasteiger partial charge in [-0.3, -0.25) is 0 Å². The number of carbonyl (C=O) groups is 3. The average molecular weight is 350 g/mol. The molecule has 0 spiro atoms. The molecule has 0 aromatic rings. The molecular formula is C19H26O6. The van der Waals surface area contributed by atoms with Crippen LogP contribution in [-0.2, 0) is 28.6 Å². The molecule has 0 N–H and O–H groups in total. The van der Waals surface area contributed by atoms with Gasteiger partial charge in [0.2, 0.25) is 0 Å². The van der Waals surface area contributed by atoms with Gasteiger partial charge in [-0.1, -0.05) is 32.2 Å². The average Bonchev–Trinajstić information content (AvgIpc) is 2.64. The van der Waals surface area contributed by atoms with Gasteiger partial charge in [0, 0.05) is 18.2 Å². The van der Waals surface area contributed by atoms with E-state index < -0.39 is 23.3 Å². The Morgan fingerprint density at radius 1 is 0.720 bits per heavy atom. The van der Waals surface area contributed by atoms with E-state index in [1.165, 1.54) is 0 Å². The number of ether oxygens (including phenoxy) is 3. The van der Waals surface area contributed by atoms with E-state index in [4.69, 9.17) is 14.2 Å². The van der Waals surface area contributed by atoms with E-state index in [0.717, 1.165) is 37.5 Å². The Bertz CT molecular complexity index is 446. The number of unbranched alkanes of at least 4 members (excludes halogenated alkanes) is 2. The largest absolute Gasteiger partial charge is 0.462 e. The maximum Gasteiger partial charge on any atom is 0.330 e. The van der Waals surface area contributed by atoms with Crippen molar-refractivity contribution in [3.05, 3.63) is 50.6 Å². The molecule has 0 amide bonds. The minimum Gasteiger partial charge on any atom is -0.462 e. The molecule has 0 radical (unpaired) electrons. The third kappa shape index (κ3) is 9.96. The molecule has 0 saturated heterocycles. The van der Waals surface area contributed by atoms with Gasteiger partial charge in [0.05, 0.1) is 5.41 Å². The van der Waals surface area contributed by atoms with Crippen molar-refractivity contribution >= 4 is 17.9 Å². The molecule has 0 aliphatic carbocycles. The second-order valence-corrected chi connectivity index (χ2v) is 5.47. The highest BCUT2D eigenvalue weighted by atomic mass is 16.6. The topological polar surface area (TPSA) is 78.9 Å². The van der Waals surface area contributed by atoms with E-state index >= 15 is 0 Å². The first kappa shape index (κ1) is 22.4. The zero-order chi connectivity index (χ0) is 19.1.